The molecule has 0 fully saturated rings. The second-order valence-electron chi connectivity index (χ2n) is 7.62. The van der Waals surface area contributed by atoms with Crippen LogP contribution in [0.4, 0.5) is 19.0 Å². The number of pyridine rings is 2. The van der Waals surface area contributed by atoms with Crippen molar-refractivity contribution in [2.24, 2.45) is 0 Å². The van der Waals surface area contributed by atoms with E-state index in [1.165, 1.54) is 25.7 Å². The van der Waals surface area contributed by atoms with Gasteiger partial charge in [-0.25, -0.2) is 19.9 Å². The number of anilines is 1. The van der Waals surface area contributed by atoms with E-state index >= 15 is 0 Å². The third-order valence-corrected chi connectivity index (χ3v) is 6.52. The second-order valence-corrected chi connectivity index (χ2v) is 9.09. The van der Waals surface area contributed by atoms with Crippen molar-refractivity contribution >= 4 is 40.6 Å². The first-order valence-corrected chi connectivity index (χ1v) is 11.9. The monoisotopic (exact) mass is 563 g/mol. The largest absolute Gasteiger partial charge is 0.496 e. The molecule has 0 spiro atoms. The maximum Gasteiger partial charge on any atom is 0.418 e. The topological polar surface area (TPSA) is 132 Å². The first-order valence-electron chi connectivity index (χ1n) is 10.7. The van der Waals surface area contributed by atoms with E-state index in [1.807, 2.05) is 0 Å². The van der Waals surface area contributed by atoms with E-state index < -0.39 is 34.6 Å². The number of nitrogens with one attached hydrogen (secondary N) is 2. The number of aromatic nitrogens is 5. The average Bonchev–Trinajstić information content (AvgIpc) is 3.40. The molecule has 2 N–H and O–H groups in total. The van der Waals surface area contributed by atoms with Crippen LogP contribution in [0.25, 0.3) is 11.3 Å². The molecule has 0 aliphatic heterocycles. The normalized spacial score (nSPS) is 12.1. The second kappa shape index (κ2) is 11.1. The van der Waals surface area contributed by atoms with Crippen molar-refractivity contribution in [3.63, 3.8) is 0 Å². The summed E-state index contributed by atoms with van der Waals surface area (Å²) in [6.45, 7) is 1.65. The van der Waals surface area contributed by atoms with Gasteiger partial charge in [-0.3, -0.25) is 14.6 Å². The van der Waals surface area contributed by atoms with Crippen LogP contribution in [0.2, 0.25) is 5.02 Å². The molecule has 1 unspecified atom stereocenters. The third kappa shape index (κ3) is 6.03. The Morgan fingerprint density at radius 1 is 1.08 bits per heavy atom. The Bertz CT molecular complexity index is 1500. The molecule has 0 saturated heterocycles. The number of hydrogen-bond donors (Lipinski definition) is 2. The SMILES string of the molecule is COc1ccncc1-c1cc(C(=O)NC(C)c2ncc(C(=O)Nc3cc(C(F)(F)F)c(Cl)cn3)s2)ncn1. The van der Waals surface area contributed by atoms with Gasteiger partial charge in [0.25, 0.3) is 11.8 Å². The van der Waals surface area contributed by atoms with Crippen molar-refractivity contribution in [2.45, 2.75) is 19.1 Å². The maximum atomic E-state index is 13.1. The summed E-state index contributed by atoms with van der Waals surface area (Å²) in [5, 5.41) is 4.82. The maximum absolute atomic E-state index is 13.1. The van der Waals surface area contributed by atoms with Crippen molar-refractivity contribution in [3.05, 3.63) is 75.5 Å². The highest BCUT2D eigenvalue weighted by molar-refractivity contribution is 7.13. The summed E-state index contributed by atoms with van der Waals surface area (Å²) >= 11 is 6.51. The molecule has 0 aliphatic rings. The number of methoxy groups -OCH3 is 1. The fourth-order valence-corrected chi connectivity index (χ4v) is 4.23. The highest BCUT2D eigenvalue weighted by Gasteiger charge is 2.34. The lowest BCUT2D eigenvalue weighted by Gasteiger charge is -2.12. The van der Waals surface area contributed by atoms with E-state index in [4.69, 9.17) is 16.3 Å². The minimum Gasteiger partial charge on any atom is -0.496 e. The van der Waals surface area contributed by atoms with Gasteiger partial charge in [-0.1, -0.05) is 11.6 Å². The molecular weight excluding hydrogens is 547 g/mol. The first-order chi connectivity index (χ1) is 18.1. The number of alkyl halides is 3. The van der Waals surface area contributed by atoms with Gasteiger partial charge in [0, 0.05) is 18.6 Å². The van der Waals surface area contributed by atoms with E-state index in [0.717, 1.165) is 17.5 Å². The standard InChI is InChI=1S/C23H17ClF3N7O3S/c1-11(33-20(35)16-6-15(31-10-32-16)12-7-28-4-3-17(12)37-2)22-30-9-18(38-22)21(36)34-19-5-13(23(25,26)27)14(24)8-29-19/h3-11H,1-2H3,(H,33,35)(H,29,34,36). The van der Waals surface area contributed by atoms with Crippen LogP contribution < -0.4 is 15.4 Å². The van der Waals surface area contributed by atoms with E-state index in [0.29, 0.717) is 28.1 Å². The van der Waals surface area contributed by atoms with E-state index in [9.17, 15) is 22.8 Å². The molecule has 0 aliphatic carbocycles. The fourth-order valence-electron chi connectivity index (χ4n) is 3.21. The number of carbonyl (C=O) groups is 2. The van der Waals surface area contributed by atoms with Crippen molar-refractivity contribution in [3.8, 4) is 17.0 Å². The minimum absolute atomic E-state index is 0.0801. The molecule has 0 saturated carbocycles. The molecule has 4 aromatic rings. The van der Waals surface area contributed by atoms with Crippen LogP contribution in [-0.4, -0.2) is 43.8 Å². The summed E-state index contributed by atoms with van der Waals surface area (Å²) in [6.07, 6.45) is 1.69. The van der Waals surface area contributed by atoms with Crippen molar-refractivity contribution in [2.75, 3.05) is 12.4 Å². The number of amides is 2. The fraction of sp³-hybridized carbons (Fsp3) is 0.174. The van der Waals surface area contributed by atoms with Crippen LogP contribution in [0.1, 0.15) is 43.7 Å². The van der Waals surface area contributed by atoms with E-state index in [1.54, 1.807) is 25.4 Å². The zero-order valence-electron chi connectivity index (χ0n) is 19.6. The molecule has 4 rings (SSSR count). The molecule has 38 heavy (non-hydrogen) atoms. The lowest BCUT2D eigenvalue weighted by Crippen LogP contribution is -2.27. The molecule has 2 amide bonds. The molecule has 0 bridgehead atoms. The number of thiazole rings is 1. The lowest BCUT2D eigenvalue weighted by molar-refractivity contribution is -0.137. The summed E-state index contributed by atoms with van der Waals surface area (Å²) in [7, 11) is 1.50. The number of ether oxygens (including phenoxy) is 1. The summed E-state index contributed by atoms with van der Waals surface area (Å²) < 4.78 is 44.5. The summed E-state index contributed by atoms with van der Waals surface area (Å²) in [5.41, 5.74) is -0.0368. The smallest absolute Gasteiger partial charge is 0.418 e. The van der Waals surface area contributed by atoms with Gasteiger partial charge in [-0.05, 0) is 25.1 Å². The first kappa shape index (κ1) is 26.9. The Balaban J connectivity index is 1.44. The predicted molar refractivity (Wildman–Crippen MR) is 132 cm³/mol. The quantitative estimate of drug-likeness (QED) is 0.327. The van der Waals surface area contributed by atoms with Crippen LogP contribution >= 0.6 is 22.9 Å². The van der Waals surface area contributed by atoms with E-state index in [2.05, 4.69) is 35.6 Å². The summed E-state index contributed by atoms with van der Waals surface area (Å²) in [6, 6.07) is 3.16. The Morgan fingerprint density at radius 2 is 1.87 bits per heavy atom. The zero-order valence-corrected chi connectivity index (χ0v) is 21.1. The number of rotatable bonds is 7. The van der Waals surface area contributed by atoms with Gasteiger partial charge in [0.05, 0.1) is 41.2 Å². The van der Waals surface area contributed by atoms with Crippen LogP contribution in [-0.2, 0) is 6.18 Å². The van der Waals surface area contributed by atoms with Gasteiger partial charge >= 0.3 is 6.18 Å². The highest BCUT2D eigenvalue weighted by atomic mass is 35.5. The number of hydrogen-bond acceptors (Lipinski definition) is 9. The Morgan fingerprint density at radius 3 is 2.61 bits per heavy atom. The molecule has 15 heteroatoms. The summed E-state index contributed by atoms with van der Waals surface area (Å²) in [5.74, 6) is -1.04. The minimum atomic E-state index is -4.71. The molecule has 4 heterocycles. The van der Waals surface area contributed by atoms with Gasteiger partial charge in [0.1, 0.15) is 33.5 Å². The molecule has 0 radical (unpaired) electrons. The average molecular weight is 564 g/mol. The predicted octanol–water partition coefficient (Wildman–Crippen LogP) is 4.81. The number of nitrogens with zero attached hydrogens (tertiary/aromatic N) is 5. The third-order valence-electron chi connectivity index (χ3n) is 5.04. The zero-order chi connectivity index (χ0) is 27.4. The summed E-state index contributed by atoms with van der Waals surface area (Å²) in [4.78, 5) is 45.6. The van der Waals surface area contributed by atoms with Crippen molar-refractivity contribution in [1.29, 1.82) is 0 Å². The lowest BCUT2D eigenvalue weighted by atomic mass is 10.1. The molecule has 196 valence electrons. The Kier molecular flexibility index (Phi) is 7.83. The van der Waals surface area contributed by atoms with Gasteiger partial charge in [-0.15, -0.1) is 11.3 Å². The van der Waals surface area contributed by atoms with Gasteiger partial charge in [0.15, 0.2) is 0 Å². The van der Waals surface area contributed by atoms with Crippen molar-refractivity contribution < 1.29 is 27.5 Å². The van der Waals surface area contributed by atoms with Crippen LogP contribution in [0, 0.1) is 0 Å². The number of halogens is 4. The molecular formula is C23H17ClF3N7O3S. The van der Waals surface area contributed by atoms with Crippen LogP contribution in [0.3, 0.4) is 0 Å². The Labute approximate surface area is 222 Å². The molecule has 1 atom stereocenters. The van der Waals surface area contributed by atoms with Gasteiger partial charge in [0.2, 0.25) is 0 Å². The van der Waals surface area contributed by atoms with Gasteiger partial charge in [-0.2, -0.15) is 13.2 Å². The highest BCUT2D eigenvalue weighted by Crippen LogP contribution is 2.35. The van der Waals surface area contributed by atoms with Gasteiger partial charge < -0.3 is 15.4 Å². The number of carbonyl (C=O) groups excluding carboxylic acids is 2. The molecule has 10 nitrogen and oxygen atoms in total. The van der Waals surface area contributed by atoms with E-state index in [-0.39, 0.29) is 16.4 Å². The molecule has 4 aromatic heterocycles. The van der Waals surface area contributed by atoms with Crippen LogP contribution in [0.5, 0.6) is 5.75 Å². The van der Waals surface area contributed by atoms with Crippen molar-refractivity contribution in [1.82, 2.24) is 30.2 Å². The Hall–Kier alpha value is -4.17. The van der Waals surface area contributed by atoms with Crippen LogP contribution in [0.15, 0.2) is 49.3 Å². The molecule has 0 aromatic carbocycles.